The molecule has 9 nitrogen and oxygen atoms in total. The van der Waals surface area contributed by atoms with Gasteiger partial charge in [0, 0.05) is 37.3 Å². The third-order valence-electron chi connectivity index (χ3n) is 9.56. The van der Waals surface area contributed by atoms with Gasteiger partial charge in [-0.15, -0.1) is 0 Å². The van der Waals surface area contributed by atoms with E-state index in [0.717, 1.165) is 59.3 Å². The second kappa shape index (κ2) is 12.5. The van der Waals surface area contributed by atoms with Gasteiger partial charge in [-0.1, -0.05) is 37.6 Å². The van der Waals surface area contributed by atoms with Crippen LogP contribution in [-0.4, -0.2) is 56.4 Å². The molecule has 0 spiro atoms. The van der Waals surface area contributed by atoms with Crippen molar-refractivity contribution in [2.75, 3.05) is 13.1 Å². The Hall–Kier alpha value is -3.85. The van der Waals surface area contributed by atoms with Crippen LogP contribution in [0.3, 0.4) is 0 Å². The Morgan fingerprint density at radius 3 is 2.51 bits per heavy atom. The number of likely N-dealkylation sites (tertiary alicyclic amines) is 1. The summed E-state index contributed by atoms with van der Waals surface area (Å²) in [7, 11) is 1.92. The number of benzene rings is 1. The van der Waals surface area contributed by atoms with Gasteiger partial charge in [-0.3, -0.25) is 4.98 Å². The number of ether oxygens (including phenoxy) is 2. The molecule has 2 aliphatic carbocycles. The first-order chi connectivity index (χ1) is 21.6. The number of nitrogens with zero attached hydrogens (tertiary/aromatic N) is 4. The van der Waals surface area contributed by atoms with Gasteiger partial charge in [-0.25, -0.2) is 14.6 Å². The maximum Gasteiger partial charge on any atom is 0.410 e. The SMILES string of the molecule is CC(C)OC(=O)N1CCC(C2c3ccc(Cl)cc3C(C(NC(=O)OC3(C(C)C)CC3)c3cncn3C)=Cc3cccnc32)CC1. The van der Waals surface area contributed by atoms with Crippen LogP contribution in [-0.2, 0) is 16.5 Å². The number of hydrogen-bond acceptors (Lipinski definition) is 6. The third kappa shape index (κ3) is 6.32. The number of aromatic nitrogens is 3. The van der Waals surface area contributed by atoms with Crippen molar-refractivity contribution in [3.05, 3.63) is 82.2 Å². The highest BCUT2D eigenvalue weighted by Crippen LogP contribution is 2.49. The van der Waals surface area contributed by atoms with Crippen molar-refractivity contribution in [3.8, 4) is 0 Å². The fourth-order valence-corrected chi connectivity index (χ4v) is 7.04. The minimum atomic E-state index is -0.565. The first-order valence-corrected chi connectivity index (χ1v) is 16.3. The number of aryl methyl sites for hydroxylation is 1. The number of carbonyl (C=O) groups is 2. The maximum atomic E-state index is 13.6. The Bertz CT molecular complexity index is 1600. The van der Waals surface area contributed by atoms with Crippen molar-refractivity contribution in [3.63, 3.8) is 0 Å². The quantitative estimate of drug-likeness (QED) is 0.292. The largest absolute Gasteiger partial charge is 0.447 e. The molecule has 0 bridgehead atoms. The molecule has 3 aliphatic rings. The fourth-order valence-electron chi connectivity index (χ4n) is 6.87. The molecule has 3 aromatic rings. The van der Waals surface area contributed by atoms with Gasteiger partial charge in [0.1, 0.15) is 5.60 Å². The molecule has 3 heterocycles. The molecule has 2 amide bonds. The van der Waals surface area contributed by atoms with Crippen LogP contribution in [0.1, 0.15) is 93.4 Å². The molecular weight excluding hydrogens is 590 g/mol. The molecule has 1 aromatic carbocycles. The van der Waals surface area contributed by atoms with E-state index in [2.05, 4.69) is 42.4 Å². The van der Waals surface area contributed by atoms with E-state index in [4.69, 9.17) is 26.1 Å². The molecule has 2 aromatic heterocycles. The number of piperidine rings is 1. The van der Waals surface area contributed by atoms with Crippen molar-refractivity contribution in [2.24, 2.45) is 18.9 Å². The van der Waals surface area contributed by atoms with Gasteiger partial charge in [-0.05, 0) is 97.9 Å². The van der Waals surface area contributed by atoms with E-state index >= 15 is 0 Å². The lowest BCUT2D eigenvalue weighted by molar-refractivity contribution is 0.0520. The predicted molar refractivity (Wildman–Crippen MR) is 174 cm³/mol. The number of pyridine rings is 1. The van der Waals surface area contributed by atoms with Gasteiger partial charge in [0.25, 0.3) is 0 Å². The summed E-state index contributed by atoms with van der Waals surface area (Å²) in [5.74, 6) is 0.413. The first-order valence-electron chi connectivity index (χ1n) is 15.9. The first kappa shape index (κ1) is 31.1. The number of halogens is 1. The van der Waals surface area contributed by atoms with E-state index in [0.29, 0.717) is 18.1 Å². The molecule has 2 atom stereocenters. The molecule has 45 heavy (non-hydrogen) atoms. The van der Waals surface area contributed by atoms with E-state index in [1.807, 2.05) is 49.9 Å². The maximum absolute atomic E-state index is 13.6. The van der Waals surface area contributed by atoms with Crippen LogP contribution in [0.2, 0.25) is 5.02 Å². The van der Waals surface area contributed by atoms with Crippen LogP contribution >= 0.6 is 11.6 Å². The summed E-state index contributed by atoms with van der Waals surface area (Å²) in [4.78, 5) is 37.4. The molecule has 1 N–H and O–H groups in total. The summed E-state index contributed by atoms with van der Waals surface area (Å²) in [6.45, 7) is 9.14. The summed E-state index contributed by atoms with van der Waals surface area (Å²) in [5.41, 5.74) is 5.28. The van der Waals surface area contributed by atoms with Crippen LogP contribution in [0.4, 0.5) is 9.59 Å². The Morgan fingerprint density at radius 1 is 1.11 bits per heavy atom. The molecule has 1 saturated carbocycles. The lowest BCUT2D eigenvalue weighted by Gasteiger charge is -2.36. The minimum Gasteiger partial charge on any atom is -0.447 e. The van der Waals surface area contributed by atoms with Crippen LogP contribution in [0, 0.1) is 11.8 Å². The van der Waals surface area contributed by atoms with E-state index in [1.165, 1.54) is 0 Å². The molecule has 1 saturated heterocycles. The van der Waals surface area contributed by atoms with Crippen molar-refractivity contribution in [1.82, 2.24) is 24.8 Å². The number of nitrogens with one attached hydrogen (secondary N) is 1. The third-order valence-corrected chi connectivity index (χ3v) is 9.79. The number of imidazole rings is 1. The average molecular weight is 632 g/mol. The number of fused-ring (bicyclic) bond motifs is 2. The van der Waals surface area contributed by atoms with Gasteiger partial charge in [0.15, 0.2) is 0 Å². The van der Waals surface area contributed by atoms with Crippen molar-refractivity contribution >= 4 is 35.4 Å². The molecule has 10 heteroatoms. The lowest BCUT2D eigenvalue weighted by Crippen LogP contribution is -2.41. The number of hydrogen-bond donors (Lipinski definition) is 1. The molecule has 1 aliphatic heterocycles. The Balaban J connectivity index is 1.40. The summed E-state index contributed by atoms with van der Waals surface area (Å²) >= 11 is 6.70. The van der Waals surface area contributed by atoms with Crippen LogP contribution in [0.5, 0.6) is 0 Å². The minimum absolute atomic E-state index is 0.0414. The molecular formula is C35H42ClN5O4. The summed E-state index contributed by atoms with van der Waals surface area (Å²) in [6, 6.07) is 9.46. The van der Waals surface area contributed by atoms with Crippen molar-refractivity contribution in [2.45, 2.75) is 77.0 Å². The second-order valence-electron chi connectivity index (χ2n) is 13.2. The number of alkyl carbamates (subject to hydrolysis) is 1. The fraction of sp³-hybridized carbons (Fsp3) is 0.486. The standard InChI is InChI=1S/C35H42ClN5O4/c1-21(2)35(12-13-35)45-33(42)39-32(29-19-37-20-40(29)5)28-17-24-7-6-14-38-31(24)30(26-9-8-25(36)18-27(26)28)23-10-15-41(16-11-23)34(43)44-22(3)4/h6-9,14,17-23,30,32H,10-13,15-16H2,1-5H3,(H,39,42). The Labute approximate surface area is 270 Å². The number of rotatable bonds is 7. The van der Waals surface area contributed by atoms with E-state index in [9.17, 15) is 9.59 Å². The number of amides is 2. The molecule has 2 unspecified atom stereocenters. The summed E-state index contributed by atoms with van der Waals surface area (Å²) < 4.78 is 13.5. The smallest absolute Gasteiger partial charge is 0.410 e. The van der Waals surface area contributed by atoms with Gasteiger partial charge >= 0.3 is 12.2 Å². The van der Waals surface area contributed by atoms with Gasteiger partial charge in [0.2, 0.25) is 0 Å². The number of carbonyl (C=O) groups excluding carboxylic acids is 2. The van der Waals surface area contributed by atoms with Gasteiger partial charge in [-0.2, -0.15) is 0 Å². The average Bonchev–Trinajstić information content (AvgIpc) is 3.70. The monoisotopic (exact) mass is 631 g/mol. The highest BCUT2D eigenvalue weighted by molar-refractivity contribution is 6.30. The zero-order valence-electron chi connectivity index (χ0n) is 26.6. The zero-order chi connectivity index (χ0) is 31.9. The normalized spacial score (nSPS) is 19.7. The van der Waals surface area contributed by atoms with E-state index in [-0.39, 0.29) is 30.0 Å². The molecule has 2 fully saturated rings. The van der Waals surface area contributed by atoms with Crippen molar-refractivity contribution < 1.29 is 19.1 Å². The Morgan fingerprint density at radius 2 is 1.87 bits per heavy atom. The molecule has 6 rings (SSSR count). The predicted octanol–water partition coefficient (Wildman–Crippen LogP) is 7.37. The van der Waals surface area contributed by atoms with Crippen LogP contribution in [0.15, 0.2) is 49.1 Å². The molecule has 0 radical (unpaired) electrons. The highest BCUT2D eigenvalue weighted by atomic mass is 35.5. The second-order valence-corrected chi connectivity index (χ2v) is 13.6. The highest BCUT2D eigenvalue weighted by Gasteiger charge is 2.50. The zero-order valence-corrected chi connectivity index (χ0v) is 27.4. The molecule has 238 valence electrons. The van der Waals surface area contributed by atoms with Crippen LogP contribution < -0.4 is 5.32 Å². The van der Waals surface area contributed by atoms with Crippen LogP contribution in [0.25, 0.3) is 11.6 Å². The van der Waals surface area contributed by atoms with E-state index in [1.54, 1.807) is 17.4 Å². The lowest BCUT2D eigenvalue weighted by atomic mass is 9.75. The van der Waals surface area contributed by atoms with E-state index < -0.39 is 17.7 Å². The van der Waals surface area contributed by atoms with Gasteiger partial charge in [0.05, 0.1) is 36.1 Å². The Kier molecular flexibility index (Phi) is 8.66. The summed E-state index contributed by atoms with van der Waals surface area (Å²) in [6.07, 6.45) is 9.94. The van der Waals surface area contributed by atoms with Crippen molar-refractivity contribution in [1.29, 1.82) is 0 Å². The van der Waals surface area contributed by atoms with Gasteiger partial charge < -0.3 is 24.3 Å². The topological polar surface area (TPSA) is 98.6 Å². The summed E-state index contributed by atoms with van der Waals surface area (Å²) in [5, 5.41) is 3.82.